The first-order chi connectivity index (χ1) is 8.51. The monoisotopic (exact) mass is 291 g/mol. The molecule has 0 radical (unpaired) electrons. The zero-order valence-corrected chi connectivity index (χ0v) is 12.1. The van der Waals surface area contributed by atoms with Gasteiger partial charge in [0, 0.05) is 12.6 Å². The Morgan fingerprint density at radius 3 is 2.61 bits per heavy atom. The summed E-state index contributed by atoms with van der Waals surface area (Å²) in [7, 11) is -2.03. The van der Waals surface area contributed by atoms with E-state index in [0.29, 0.717) is 12.3 Å². The molecular weight excluding hydrogens is 274 g/mol. The van der Waals surface area contributed by atoms with Crippen molar-refractivity contribution in [2.75, 3.05) is 13.7 Å². The summed E-state index contributed by atoms with van der Waals surface area (Å²) >= 11 is 5.93. The zero-order chi connectivity index (χ0) is 13.6. The van der Waals surface area contributed by atoms with Gasteiger partial charge in [0.25, 0.3) is 0 Å². The van der Waals surface area contributed by atoms with Crippen LogP contribution in [-0.4, -0.2) is 22.1 Å². The van der Waals surface area contributed by atoms with E-state index in [0.717, 1.165) is 19.3 Å². The fourth-order valence-corrected chi connectivity index (χ4v) is 3.09. The molecule has 1 N–H and O–H groups in total. The largest absolute Gasteiger partial charge is 0.497 e. The molecule has 0 fully saturated rings. The Labute approximate surface area is 113 Å². The second kappa shape index (κ2) is 6.97. The average Bonchev–Trinajstić information content (AvgIpc) is 2.34. The van der Waals surface area contributed by atoms with E-state index in [2.05, 4.69) is 11.6 Å². The molecule has 0 saturated heterocycles. The minimum absolute atomic E-state index is 0.0847. The van der Waals surface area contributed by atoms with Crippen LogP contribution in [0, 0.1) is 0 Å². The molecule has 1 aromatic carbocycles. The Morgan fingerprint density at radius 1 is 1.33 bits per heavy atom. The highest BCUT2D eigenvalue weighted by atomic mass is 35.5. The van der Waals surface area contributed by atoms with E-state index < -0.39 is 10.0 Å². The molecule has 0 amide bonds. The highest BCUT2D eigenvalue weighted by Crippen LogP contribution is 2.25. The predicted octanol–water partition coefficient (Wildman–Crippen LogP) is 2.82. The van der Waals surface area contributed by atoms with Gasteiger partial charge in [-0.15, -0.1) is 0 Å². The van der Waals surface area contributed by atoms with E-state index in [1.807, 2.05) is 0 Å². The van der Waals surface area contributed by atoms with Gasteiger partial charge in [-0.05, 0) is 18.6 Å². The van der Waals surface area contributed by atoms with E-state index in [9.17, 15) is 8.42 Å². The molecular formula is C12H18ClNO3S. The smallest absolute Gasteiger partial charge is 0.242 e. The molecule has 0 heterocycles. The maximum Gasteiger partial charge on any atom is 0.242 e. The Bertz CT molecular complexity index is 488. The lowest BCUT2D eigenvalue weighted by molar-refractivity contribution is 0.414. The Hall–Kier alpha value is -0.780. The highest BCUT2D eigenvalue weighted by Gasteiger charge is 2.17. The van der Waals surface area contributed by atoms with Crippen molar-refractivity contribution in [3.05, 3.63) is 23.2 Å². The molecule has 0 aliphatic rings. The molecule has 0 atom stereocenters. The first-order valence-electron chi connectivity index (χ1n) is 5.84. The molecule has 1 rings (SSSR count). The van der Waals surface area contributed by atoms with Crippen LogP contribution < -0.4 is 9.46 Å². The molecule has 102 valence electrons. The molecule has 0 spiro atoms. The van der Waals surface area contributed by atoms with Crippen LogP contribution in [0.15, 0.2) is 23.1 Å². The summed E-state index contributed by atoms with van der Waals surface area (Å²) in [5, 5.41) is 0.164. The van der Waals surface area contributed by atoms with Gasteiger partial charge < -0.3 is 4.74 Å². The van der Waals surface area contributed by atoms with Crippen molar-refractivity contribution in [3.63, 3.8) is 0 Å². The van der Waals surface area contributed by atoms with E-state index in [4.69, 9.17) is 16.3 Å². The van der Waals surface area contributed by atoms with Crippen LogP contribution in [0.2, 0.25) is 5.02 Å². The molecule has 0 aliphatic heterocycles. The zero-order valence-electron chi connectivity index (χ0n) is 10.6. The van der Waals surface area contributed by atoms with Gasteiger partial charge in [-0.25, -0.2) is 13.1 Å². The molecule has 0 aromatic heterocycles. The lowest BCUT2D eigenvalue weighted by atomic mass is 10.3. The second-order valence-electron chi connectivity index (χ2n) is 3.90. The standard InChI is InChI=1S/C12H18ClNO3S/c1-3-4-5-8-14-18(15,16)12-7-6-10(17-2)9-11(12)13/h6-7,9,14H,3-5,8H2,1-2H3. The van der Waals surface area contributed by atoms with Gasteiger partial charge in [-0.3, -0.25) is 0 Å². The van der Waals surface area contributed by atoms with Crippen molar-refractivity contribution in [2.24, 2.45) is 0 Å². The number of hydrogen-bond acceptors (Lipinski definition) is 3. The van der Waals surface area contributed by atoms with Gasteiger partial charge in [0.2, 0.25) is 10.0 Å². The minimum Gasteiger partial charge on any atom is -0.497 e. The lowest BCUT2D eigenvalue weighted by Crippen LogP contribution is -2.25. The van der Waals surface area contributed by atoms with Crippen LogP contribution in [0.4, 0.5) is 0 Å². The van der Waals surface area contributed by atoms with Gasteiger partial charge in [0.1, 0.15) is 10.6 Å². The third-order valence-corrected chi connectivity index (χ3v) is 4.44. The van der Waals surface area contributed by atoms with Crippen LogP contribution in [0.3, 0.4) is 0 Å². The summed E-state index contributed by atoms with van der Waals surface area (Å²) in [4.78, 5) is 0.0847. The first kappa shape index (κ1) is 15.3. The molecule has 0 bridgehead atoms. The van der Waals surface area contributed by atoms with Gasteiger partial charge in [0.15, 0.2) is 0 Å². The van der Waals surface area contributed by atoms with Crippen LogP contribution in [0.25, 0.3) is 0 Å². The fourth-order valence-electron chi connectivity index (χ4n) is 1.49. The summed E-state index contributed by atoms with van der Waals surface area (Å²) in [6.07, 6.45) is 2.87. The maximum atomic E-state index is 12.0. The molecule has 18 heavy (non-hydrogen) atoms. The predicted molar refractivity (Wildman–Crippen MR) is 72.7 cm³/mol. The second-order valence-corrected chi connectivity index (χ2v) is 6.04. The van der Waals surface area contributed by atoms with Crippen LogP contribution in [-0.2, 0) is 10.0 Å². The van der Waals surface area contributed by atoms with Crippen molar-refractivity contribution in [3.8, 4) is 5.75 Å². The number of hydrogen-bond donors (Lipinski definition) is 1. The van der Waals surface area contributed by atoms with Crippen LogP contribution in [0.5, 0.6) is 5.75 Å². The van der Waals surface area contributed by atoms with Crippen molar-refractivity contribution in [2.45, 2.75) is 31.1 Å². The number of benzene rings is 1. The number of unbranched alkanes of at least 4 members (excludes halogenated alkanes) is 2. The Kier molecular flexibility index (Phi) is 5.91. The number of nitrogens with one attached hydrogen (secondary N) is 1. The number of ether oxygens (including phenoxy) is 1. The van der Waals surface area contributed by atoms with E-state index in [1.165, 1.54) is 19.2 Å². The number of halogens is 1. The number of sulfonamides is 1. The van der Waals surface area contributed by atoms with Crippen molar-refractivity contribution >= 4 is 21.6 Å². The molecule has 0 aliphatic carbocycles. The topological polar surface area (TPSA) is 55.4 Å². The summed E-state index contributed by atoms with van der Waals surface area (Å²) in [5.74, 6) is 0.532. The van der Waals surface area contributed by atoms with Gasteiger partial charge >= 0.3 is 0 Å². The molecule has 1 aromatic rings. The molecule has 0 unspecified atom stereocenters. The van der Waals surface area contributed by atoms with Crippen LogP contribution in [0.1, 0.15) is 26.2 Å². The number of rotatable bonds is 7. The van der Waals surface area contributed by atoms with Crippen molar-refractivity contribution in [1.29, 1.82) is 0 Å². The maximum absolute atomic E-state index is 12.0. The quantitative estimate of drug-likeness (QED) is 0.786. The van der Waals surface area contributed by atoms with Gasteiger partial charge in [0.05, 0.1) is 12.1 Å². The third-order valence-electron chi connectivity index (χ3n) is 2.50. The highest BCUT2D eigenvalue weighted by molar-refractivity contribution is 7.89. The summed E-state index contributed by atoms with van der Waals surface area (Å²) < 4.78 is 31.5. The summed E-state index contributed by atoms with van der Waals surface area (Å²) in [5.41, 5.74) is 0. The van der Waals surface area contributed by atoms with Crippen molar-refractivity contribution in [1.82, 2.24) is 4.72 Å². The minimum atomic E-state index is -3.53. The summed E-state index contributed by atoms with van der Waals surface area (Å²) in [6.45, 7) is 2.49. The van der Waals surface area contributed by atoms with E-state index in [-0.39, 0.29) is 9.92 Å². The first-order valence-corrected chi connectivity index (χ1v) is 7.70. The lowest BCUT2D eigenvalue weighted by Gasteiger charge is -2.09. The van der Waals surface area contributed by atoms with Crippen molar-refractivity contribution < 1.29 is 13.2 Å². The van der Waals surface area contributed by atoms with Crippen LogP contribution >= 0.6 is 11.6 Å². The molecule has 6 heteroatoms. The van der Waals surface area contributed by atoms with Gasteiger partial charge in [-0.2, -0.15) is 0 Å². The fraction of sp³-hybridized carbons (Fsp3) is 0.500. The normalized spacial score (nSPS) is 11.5. The number of methoxy groups -OCH3 is 1. The molecule has 4 nitrogen and oxygen atoms in total. The summed E-state index contributed by atoms with van der Waals surface area (Å²) in [6, 6.07) is 4.51. The van der Waals surface area contributed by atoms with E-state index >= 15 is 0 Å². The average molecular weight is 292 g/mol. The van der Waals surface area contributed by atoms with E-state index in [1.54, 1.807) is 6.07 Å². The Morgan fingerprint density at radius 2 is 2.06 bits per heavy atom. The third kappa shape index (κ3) is 4.15. The Balaban J connectivity index is 2.78. The molecule has 0 saturated carbocycles. The van der Waals surface area contributed by atoms with Gasteiger partial charge in [-0.1, -0.05) is 31.4 Å². The SMILES string of the molecule is CCCCCNS(=O)(=O)c1ccc(OC)cc1Cl.